The van der Waals surface area contributed by atoms with Crippen LogP contribution in [0.5, 0.6) is 5.75 Å². The third-order valence-electron chi connectivity index (χ3n) is 3.93. The number of esters is 1. The molecule has 2 rings (SSSR count). The van der Waals surface area contributed by atoms with Crippen molar-refractivity contribution in [1.29, 1.82) is 0 Å². The normalized spacial score (nSPS) is 19.5. The number of carbonyl (C=O) groups is 2. The summed E-state index contributed by atoms with van der Waals surface area (Å²) in [6.45, 7) is 2.00. The van der Waals surface area contributed by atoms with Crippen molar-refractivity contribution in [2.75, 3.05) is 14.2 Å². The molecule has 114 valence electrons. The van der Waals surface area contributed by atoms with Gasteiger partial charge in [-0.15, -0.1) is 0 Å². The van der Waals surface area contributed by atoms with Crippen molar-refractivity contribution in [3.8, 4) is 5.75 Å². The summed E-state index contributed by atoms with van der Waals surface area (Å²) in [5, 5.41) is 0. The van der Waals surface area contributed by atoms with Crippen molar-refractivity contribution < 1.29 is 19.1 Å². The van der Waals surface area contributed by atoms with Crippen LogP contribution >= 0.6 is 0 Å². The van der Waals surface area contributed by atoms with Crippen LogP contribution in [0.3, 0.4) is 0 Å². The number of benzene rings is 1. The average molecular weight is 291 g/mol. The van der Waals surface area contributed by atoms with Gasteiger partial charge in [-0.3, -0.25) is 4.79 Å². The van der Waals surface area contributed by atoms with E-state index in [-0.39, 0.29) is 17.9 Å². The molecule has 0 spiro atoms. The largest absolute Gasteiger partial charge is 0.497 e. The Morgan fingerprint density at radius 3 is 2.81 bits per heavy atom. The van der Waals surface area contributed by atoms with Gasteiger partial charge in [0.1, 0.15) is 11.8 Å². The van der Waals surface area contributed by atoms with Crippen LogP contribution in [0.4, 0.5) is 0 Å². The van der Waals surface area contributed by atoms with Gasteiger partial charge in [-0.05, 0) is 30.5 Å². The van der Waals surface area contributed by atoms with E-state index in [0.717, 1.165) is 17.7 Å². The SMILES string of the molecule is CCC(c1cccc(OC)c1)N1C(=O)CCC1C(=O)OC. The fourth-order valence-electron chi connectivity index (χ4n) is 2.90. The van der Waals surface area contributed by atoms with Gasteiger partial charge in [0.2, 0.25) is 5.91 Å². The Morgan fingerprint density at radius 2 is 2.19 bits per heavy atom. The van der Waals surface area contributed by atoms with Crippen LogP contribution in [0.2, 0.25) is 0 Å². The van der Waals surface area contributed by atoms with Crippen LogP contribution in [0.25, 0.3) is 0 Å². The number of carbonyl (C=O) groups excluding carboxylic acids is 2. The molecule has 0 bridgehead atoms. The molecule has 1 aromatic rings. The van der Waals surface area contributed by atoms with Crippen LogP contribution < -0.4 is 4.74 Å². The van der Waals surface area contributed by atoms with Gasteiger partial charge < -0.3 is 14.4 Å². The van der Waals surface area contributed by atoms with Crippen molar-refractivity contribution in [1.82, 2.24) is 4.90 Å². The molecule has 0 aromatic heterocycles. The van der Waals surface area contributed by atoms with Gasteiger partial charge in [0.05, 0.1) is 20.3 Å². The van der Waals surface area contributed by atoms with Crippen molar-refractivity contribution in [3.63, 3.8) is 0 Å². The summed E-state index contributed by atoms with van der Waals surface area (Å²) in [4.78, 5) is 25.8. The van der Waals surface area contributed by atoms with E-state index in [1.165, 1.54) is 7.11 Å². The molecule has 5 heteroatoms. The summed E-state index contributed by atoms with van der Waals surface area (Å²) >= 11 is 0. The molecule has 1 aliphatic rings. The van der Waals surface area contributed by atoms with Gasteiger partial charge >= 0.3 is 5.97 Å². The van der Waals surface area contributed by atoms with Crippen molar-refractivity contribution in [3.05, 3.63) is 29.8 Å². The lowest BCUT2D eigenvalue weighted by atomic mass is 10.0. The van der Waals surface area contributed by atoms with Gasteiger partial charge in [-0.1, -0.05) is 19.1 Å². The zero-order valence-electron chi connectivity index (χ0n) is 12.7. The van der Waals surface area contributed by atoms with E-state index < -0.39 is 6.04 Å². The molecule has 1 amide bonds. The van der Waals surface area contributed by atoms with E-state index in [1.54, 1.807) is 12.0 Å². The first-order valence-corrected chi connectivity index (χ1v) is 7.15. The van der Waals surface area contributed by atoms with Crippen molar-refractivity contribution in [2.24, 2.45) is 0 Å². The summed E-state index contributed by atoms with van der Waals surface area (Å²) in [7, 11) is 2.97. The molecule has 1 aromatic carbocycles. The number of amides is 1. The molecule has 1 saturated heterocycles. The second-order valence-electron chi connectivity index (χ2n) is 5.08. The van der Waals surface area contributed by atoms with Crippen LogP contribution in [-0.4, -0.2) is 37.0 Å². The number of hydrogen-bond donors (Lipinski definition) is 0. The Kier molecular flexibility index (Phi) is 4.83. The molecule has 0 aliphatic carbocycles. The van der Waals surface area contributed by atoms with Crippen LogP contribution in [0.1, 0.15) is 37.8 Å². The first-order valence-electron chi connectivity index (χ1n) is 7.15. The van der Waals surface area contributed by atoms with E-state index in [9.17, 15) is 9.59 Å². The molecular formula is C16H21NO4. The Labute approximate surface area is 124 Å². The highest BCUT2D eigenvalue weighted by Crippen LogP contribution is 2.34. The molecule has 5 nitrogen and oxygen atoms in total. The number of likely N-dealkylation sites (tertiary alicyclic amines) is 1. The minimum Gasteiger partial charge on any atom is -0.497 e. The molecule has 0 saturated carbocycles. The van der Waals surface area contributed by atoms with Crippen LogP contribution in [-0.2, 0) is 14.3 Å². The summed E-state index contributed by atoms with van der Waals surface area (Å²) in [6, 6.07) is 6.99. The Morgan fingerprint density at radius 1 is 1.43 bits per heavy atom. The first kappa shape index (κ1) is 15.4. The maximum atomic E-state index is 12.2. The predicted octanol–water partition coefficient (Wildman–Crippen LogP) is 2.31. The van der Waals surface area contributed by atoms with Gasteiger partial charge in [0.15, 0.2) is 0 Å². The lowest BCUT2D eigenvalue weighted by molar-refractivity contribution is -0.151. The van der Waals surface area contributed by atoms with E-state index in [1.807, 2.05) is 31.2 Å². The summed E-state index contributed by atoms with van der Waals surface area (Å²) in [5.74, 6) is 0.398. The fourth-order valence-corrected chi connectivity index (χ4v) is 2.90. The third kappa shape index (κ3) is 3.01. The minimum atomic E-state index is -0.487. The smallest absolute Gasteiger partial charge is 0.328 e. The third-order valence-corrected chi connectivity index (χ3v) is 3.93. The fraction of sp³-hybridized carbons (Fsp3) is 0.500. The number of ether oxygens (including phenoxy) is 2. The highest BCUT2D eigenvalue weighted by Gasteiger charge is 2.40. The van der Waals surface area contributed by atoms with Crippen LogP contribution in [0.15, 0.2) is 24.3 Å². The molecule has 1 heterocycles. The van der Waals surface area contributed by atoms with E-state index in [4.69, 9.17) is 9.47 Å². The molecule has 21 heavy (non-hydrogen) atoms. The maximum Gasteiger partial charge on any atom is 0.328 e. The lowest BCUT2D eigenvalue weighted by Crippen LogP contribution is -2.41. The monoisotopic (exact) mass is 291 g/mol. The number of nitrogens with zero attached hydrogens (tertiary/aromatic N) is 1. The predicted molar refractivity (Wildman–Crippen MR) is 77.9 cm³/mol. The van der Waals surface area contributed by atoms with E-state index >= 15 is 0 Å². The highest BCUT2D eigenvalue weighted by atomic mass is 16.5. The molecule has 0 N–H and O–H groups in total. The molecule has 2 unspecified atom stereocenters. The standard InChI is InChI=1S/C16H21NO4/c1-4-13(11-6-5-7-12(10-11)20-2)17-14(16(19)21-3)8-9-15(17)18/h5-7,10,13-14H,4,8-9H2,1-3H3. The first-order chi connectivity index (χ1) is 10.1. The van der Waals surface area contributed by atoms with Gasteiger partial charge in [0.25, 0.3) is 0 Å². The molecule has 0 radical (unpaired) electrons. The van der Waals surface area contributed by atoms with Gasteiger partial charge in [-0.25, -0.2) is 4.79 Å². The average Bonchev–Trinajstić information content (AvgIpc) is 2.89. The maximum absolute atomic E-state index is 12.2. The molecule has 1 aliphatic heterocycles. The highest BCUT2D eigenvalue weighted by molar-refractivity contribution is 5.88. The summed E-state index contributed by atoms with van der Waals surface area (Å²) < 4.78 is 10.1. The second kappa shape index (κ2) is 6.61. The topological polar surface area (TPSA) is 55.8 Å². The van der Waals surface area contributed by atoms with Crippen molar-refractivity contribution >= 4 is 11.9 Å². The summed E-state index contributed by atoms with van der Waals surface area (Å²) in [6.07, 6.45) is 1.64. The number of methoxy groups -OCH3 is 2. The second-order valence-corrected chi connectivity index (χ2v) is 5.08. The summed E-state index contributed by atoms with van der Waals surface area (Å²) in [5.41, 5.74) is 0.973. The van der Waals surface area contributed by atoms with E-state index in [2.05, 4.69) is 0 Å². The minimum absolute atomic E-state index is 0.0000647. The number of hydrogen-bond acceptors (Lipinski definition) is 4. The van der Waals surface area contributed by atoms with Crippen LogP contribution in [0, 0.1) is 0 Å². The van der Waals surface area contributed by atoms with Gasteiger partial charge in [-0.2, -0.15) is 0 Å². The Hall–Kier alpha value is -2.04. The zero-order valence-corrected chi connectivity index (χ0v) is 12.7. The zero-order chi connectivity index (χ0) is 15.4. The van der Waals surface area contributed by atoms with Gasteiger partial charge in [0, 0.05) is 6.42 Å². The Balaban J connectivity index is 2.33. The number of rotatable bonds is 5. The molecule has 2 atom stereocenters. The lowest BCUT2D eigenvalue weighted by Gasteiger charge is -2.31. The Bertz CT molecular complexity index is 529. The van der Waals surface area contributed by atoms with Crippen molar-refractivity contribution in [2.45, 2.75) is 38.3 Å². The molecule has 1 fully saturated rings. The molecular weight excluding hydrogens is 270 g/mol. The quantitative estimate of drug-likeness (QED) is 0.781. The van der Waals surface area contributed by atoms with E-state index in [0.29, 0.717) is 12.8 Å².